The lowest BCUT2D eigenvalue weighted by Gasteiger charge is -2.27. The Kier molecular flexibility index (Phi) is 3.87. The van der Waals surface area contributed by atoms with Gasteiger partial charge < -0.3 is 9.64 Å². The fourth-order valence-corrected chi connectivity index (χ4v) is 3.69. The van der Waals surface area contributed by atoms with Crippen molar-refractivity contribution in [1.29, 1.82) is 0 Å². The van der Waals surface area contributed by atoms with E-state index in [0.29, 0.717) is 11.1 Å². The minimum absolute atomic E-state index is 0.378. The Morgan fingerprint density at radius 1 is 1.00 bits per heavy atom. The smallest absolute Gasteiger partial charge is 0.282 e. The first-order valence-corrected chi connectivity index (χ1v) is 8.50. The highest BCUT2D eigenvalue weighted by Crippen LogP contribution is 2.27. The summed E-state index contributed by atoms with van der Waals surface area (Å²) in [6.07, 6.45) is 1.57. The Balaban J connectivity index is 1.51. The molecule has 0 unspecified atom stereocenters. The van der Waals surface area contributed by atoms with Gasteiger partial charge in [0, 0.05) is 18.0 Å². The van der Waals surface area contributed by atoms with E-state index in [1.807, 2.05) is 12.1 Å². The van der Waals surface area contributed by atoms with Crippen LogP contribution < -0.4 is 4.90 Å². The summed E-state index contributed by atoms with van der Waals surface area (Å²) in [7, 11) is 0. The lowest BCUT2D eigenvalue weighted by molar-refractivity contribution is 0.0660. The molecule has 2 aliphatic heterocycles. The molecule has 0 radical (unpaired) electrons. The summed E-state index contributed by atoms with van der Waals surface area (Å²) in [5, 5.41) is 6.18. The number of anilines is 1. The van der Waals surface area contributed by atoms with Gasteiger partial charge in [-0.05, 0) is 24.3 Å². The number of morpholine rings is 1. The van der Waals surface area contributed by atoms with E-state index in [4.69, 9.17) is 4.74 Å². The number of carbonyl (C=O) groups is 2. The molecule has 122 valence electrons. The molecular formula is C17H15N3O3S. The van der Waals surface area contributed by atoms with E-state index >= 15 is 0 Å². The SMILES string of the molecule is O=C1c2ccccc2C(=O)N1N=Cc1ccc(N2CCOCC2)s1. The second kappa shape index (κ2) is 6.18. The van der Waals surface area contributed by atoms with E-state index in [9.17, 15) is 9.59 Å². The van der Waals surface area contributed by atoms with E-state index in [1.165, 1.54) is 0 Å². The van der Waals surface area contributed by atoms with Gasteiger partial charge in [0.2, 0.25) is 0 Å². The van der Waals surface area contributed by atoms with E-state index in [2.05, 4.69) is 10.0 Å². The van der Waals surface area contributed by atoms with Crippen LogP contribution in [0.4, 0.5) is 5.00 Å². The van der Waals surface area contributed by atoms with Crippen molar-refractivity contribution in [3.05, 3.63) is 52.4 Å². The number of rotatable bonds is 3. The minimum Gasteiger partial charge on any atom is -0.378 e. The number of imide groups is 1. The Bertz CT molecular complexity index is 789. The normalized spacial score (nSPS) is 17.8. The number of fused-ring (bicyclic) bond motifs is 1. The average Bonchev–Trinajstić information content (AvgIpc) is 3.19. The molecule has 0 saturated carbocycles. The van der Waals surface area contributed by atoms with Gasteiger partial charge in [0.15, 0.2) is 0 Å². The van der Waals surface area contributed by atoms with Crippen molar-refractivity contribution in [3.63, 3.8) is 0 Å². The lowest BCUT2D eigenvalue weighted by Crippen LogP contribution is -2.35. The Morgan fingerprint density at radius 3 is 2.33 bits per heavy atom. The fraction of sp³-hybridized carbons (Fsp3) is 0.235. The first-order chi connectivity index (χ1) is 11.7. The number of nitrogens with zero attached hydrogens (tertiary/aromatic N) is 3. The standard InChI is InChI=1S/C17H15N3O3S/c21-16-13-3-1-2-4-14(13)17(22)20(16)18-11-12-5-6-15(24-12)19-7-9-23-10-8-19/h1-6,11H,7-10H2. The summed E-state index contributed by atoms with van der Waals surface area (Å²) >= 11 is 1.58. The first kappa shape index (κ1) is 15.0. The molecule has 1 saturated heterocycles. The zero-order valence-electron chi connectivity index (χ0n) is 12.8. The van der Waals surface area contributed by atoms with Crippen LogP contribution >= 0.6 is 11.3 Å². The second-order valence-corrected chi connectivity index (χ2v) is 6.58. The molecule has 2 aliphatic rings. The molecule has 0 atom stereocenters. The zero-order chi connectivity index (χ0) is 16.5. The summed E-state index contributed by atoms with van der Waals surface area (Å²) in [6, 6.07) is 10.7. The van der Waals surface area contributed by atoms with Crippen molar-refractivity contribution in [2.45, 2.75) is 0 Å². The largest absolute Gasteiger partial charge is 0.378 e. The molecule has 0 aliphatic carbocycles. The number of hydrogen-bond acceptors (Lipinski definition) is 6. The molecule has 1 fully saturated rings. The fourth-order valence-electron chi connectivity index (χ4n) is 2.76. The van der Waals surface area contributed by atoms with E-state index in [-0.39, 0.29) is 11.8 Å². The van der Waals surface area contributed by atoms with Gasteiger partial charge in [-0.3, -0.25) is 9.59 Å². The molecule has 0 bridgehead atoms. The minimum atomic E-state index is -0.378. The van der Waals surface area contributed by atoms with Crippen molar-refractivity contribution in [2.75, 3.05) is 31.2 Å². The van der Waals surface area contributed by atoms with Gasteiger partial charge in [-0.2, -0.15) is 10.1 Å². The van der Waals surface area contributed by atoms with Crippen molar-refractivity contribution >= 4 is 34.4 Å². The van der Waals surface area contributed by atoms with Crippen molar-refractivity contribution < 1.29 is 14.3 Å². The number of carbonyl (C=O) groups excluding carboxylic acids is 2. The summed E-state index contributed by atoms with van der Waals surface area (Å²) in [5.74, 6) is -0.756. The Labute approximate surface area is 142 Å². The molecule has 0 spiro atoms. The molecule has 24 heavy (non-hydrogen) atoms. The number of thiophene rings is 1. The lowest BCUT2D eigenvalue weighted by atomic mass is 10.1. The highest BCUT2D eigenvalue weighted by atomic mass is 32.1. The van der Waals surface area contributed by atoms with Crippen LogP contribution in [0, 0.1) is 0 Å². The van der Waals surface area contributed by atoms with Crippen LogP contribution in [0.5, 0.6) is 0 Å². The first-order valence-electron chi connectivity index (χ1n) is 7.68. The molecule has 7 heteroatoms. The van der Waals surface area contributed by atoms with Crippen LogP contribution in [0.2, 0.25) is 0 Å². The van der Waals surface area contributed by atoms with Gasteiger partial charge in [0.1, 0.15) is 0 Å². The third-order valence-electron chi connectivity index (χ3n) is 4.01. The van der Waals surface area contributed by atoms with Crippen LogP contribution in [0.1, 0.15) is 25.6 Å². The number of hydrazone groups is 1. The quantitative estimate of drug-likeness (QED) is 0.634. The van der Waals surface area contributed by atoms with Gasteiger partial charge >= 0.3 is 0 Å². The van der Waals surface area contributed by atoms with Crippen LogP contribution in [0.15, 0.2) is 41.5 Å². The van der Waals surface area contributed by atoms with Gasteiger partial charge in [0.05, 0.1) is 35.6 Å². The maximum absolute atomic E-state index is 12.3. The molecule has 3 heterocycles. The van der Waals surface area contributed by atoms with E-state index in [0.717, 1.165) is 41.2 Å². The molecule has 1 aromatic carbocycles. The average molecular weight is 341 g/mol. The van der Waals surface area contributed by atoms with Crippen molar-refractivity contribution in [1.82, 2.24) is 5.01 Å². The summed E-state index contributed by atoms with van der Waals surface area (Å²) < 4.78 is 5.35. The summed E-state index contributed by atoms with van der Waals surface area (Å²) in [4.78, 5) is 27.7. The Hall–Kier alpha value is -2.51. The van der Waals surface area contributed by atoms with Crippen LogP contribution in [0.3, 0.4) is 0 Å². The number of hydrogen-bond donors (Lipinski definition) is 0. The number of amides is 2. The monoisotopic (exact) mass is 341 g/mol. The molecular weight excluding hydrogens is 326 g/mol. The second-order valence-electron chi connectivity index (χ2n) is 5.49. The predicted molar refractivity (Wildman–Crippen MR) is 91.9 cm³/mol. The zero-order valence-corrected chi connectivity index (χ0v) is 13.7. The van der Waals surface area contributed by atoms with Crippen LogP contribution in [-0.4, -0.2) is 49.3 Å². The maximum atomic E-state index is 12.3. The highest BCUT2D eigenvalue weighted by Gasteiger charge is 2.35. The molecule has 1 aromatic heterocycles. The molecule has 6 nitrogen and oxygen atoms in total. The third-order valence-corrected chi connectivity index (χ3v) is 5.09. The number of benzene rings is 1. The summed E-state index contributed by atoms with van der Waals surface area (Å²) in [5.41, 5.74) is 0.805. The number of ether oxygens (including phenoxy) is 1. The van der Waals surface area contributed by atoms with Gasteiger partial charge in [-0.25, -0.2) is 0 Å². The summed E-state index contributed by atoms with van der Waals surface area (Å²) in [6.45, 7) is 3.21. The van der Waals surface area contributed by atoms with Gasteiger partial charge in [0.25, 0.3) is 11.8 Å². The van der Waals surface area contributed by atoms with Crippen LogP contribution in [-0.2, 0) is 4.74 Å². The molecule has 0 N–H and O–H groups in total. The molecule has 2 aromatic rings. The van der Waals surface area contributed by atoms with E-state index in [1.54, 1.807) is 41.8 Å². The van der Waals surface area contributed by atoms with Crippen LogP contribution in [0.25, 0.3) is 0 Å². The molecule has 4 rings (SSSR count). The Morgan fingerprint density at radius 2 is 1.67 bits per heavy atom. The molecule has 2 amide bonds. The topological polar surface area (TPSA) is 62.2 Å². The van der Waals surface area contributed by atoms with Crippen molar-refractivity contribution in [3.8, 4) is 0 Å². The van der Waals surface area contributed by atoms with Gasteiger partial charge in [-0.1, -0.05) is 12.1 Å². The highest BCUT2D eigenvalue weighted by molar-refractivity contribution is 7.17. The van der Waals surface area contributed by atoms with Gasteiger partial charge in [-0.15, -0.1) is 11.3 Å². The van der Waals surface area contributed by atoms with E-state index < -0.39 is 0 Å². The maximum Gasteiger partial charge on any atom is 0.282 e. The third kappa shape index (κ3) is 2.61. The predicted octanol–water partition coefficient (Wildman–Crippen LogP) is 2.21. The van der Waals surface area contributed by atoms with Crippen molar-refractivity contribution in [2.24, 2.45) is 5.10 Å².